The number of carboxylic acid groups (broad SMARTS) is 1. The predicted octanol–water partition coefficient (Wildman–Crippen LogP) is 0.716. The van der Waals surface area contributed by atoms with Crippen LogP contribution in [0.4, 0.5) is 0 Å². The Bertz CT molecular complexity index is 480. The van der Waals surface area contributed by atoms with Crippen molar-refractivity contribution in [2.24, 2.45) is 0 Å². The number of thiol groups is 1. The minimum absolute atomic E-state index is 0.0795. The molecule has 0 bridgehead atoms. The number of aromatic nitrogens is 3. The Morgan fingerprint density at radius 1 is 1.62 bits per heavy atom. The number of hydrogen-bond donors (Lipinski definition) is 2. The highest BCUT2D eigenvalue weighted by Gasteiger charge is 2.12. The summed E-state index contributed by atoms with van der Waals surface area (Å²) in [4.78, 5) is 14.6. The van der Waals surface area contributed by atoms with Crippen LogP contribution in [0.5, 0.6) is 0 Å². The second-order valence-corrected chi connectivity index (χ2v) is 2.86. The second kappa shape index (κ2) is 2.74. The van der Waals surface area contributed by atoms with Gasteiger partial charge in [0.2, 0.25) is 0 Å². The average Bonchev–Trinajstić information content (AvgIpc) is 2.48. The molecule has 0 fully saturated rings. The van der Waals surface area contributed by atoms with Crippen LogP contribution < -0.4 is 0 Å². The maximum absolute atomic E-state index is 10.7. The summed E-state index contributed by atoms with van der Waals surface area (Å²) in [6, 6.07) is 1.63. The fraction of sp³-hybridized carbons (Fsp3) is 0. The molecule has 13 heavy (non-hydrogen) atoms. The summed E-state index contributed by atoms with van der Waals surface area (Å²) < 4.78 is 1.37. The molecule has 0 saturated heterocycles. The molecule has 2 heterocycles. The molecule has 1 N–H and O–H groups in total. The molecule has 0 atom stereocenters. The van der Waals surface area contributed by atoms with Crippen LogP contribution in [-0.2, 0) is 0 Å². The van der Waals surface area contributed by atoms with Crippen LogP contribution in [0.1, 0.15) is 10.4 Å². The van der Waals surface area contributed by atoms with E-state index >= 15 is 0 Å². The summed E-state index contributed by atoms with van der Waals surface area (Å²) in [5.74, 6) is -1.04. The fourth-order valence-corrected chi connectivity index (χ4v) is 1.24. The highest BCUT2D eigenvalue weighted by Crippen LogP contribution is 2.11. The van der Waals surface area contributed by atoms with Gasteiger partial charge < -0.3 is 5.11 Å². The molecule has 0 aliphatic carbocycles. The number of carbonyl (C=O) groups is 1. The van der Waals surface area contributed by atoms with Crippen molar-refractivity contribution in [3.63, 3.8) is 0 Å². The van der Waals surface area contributed by atoms with E-state index in [1.54, 1.807) is 6.07 Å². The maximum atomic E-state index is 10.7. The Morgan fingerprint density at radius 3 is 3.08 bits per heavy atom. The van der Waals surface area contributed by atoms with Crippen molar-refractivity contribution in [1.29, 1.82) is 0 Å². The summed E-state index contributed by atoms with van der Waals surface area (Å²) in [5.41, 5.74) is 0.385. The molecular weight excluding hydrogens is 190 g/mol. The quantitative estimate of drug-likeness (QED) is 0.519. The number of carboxylic acids is 1. The van der Waals surface area contributed by atoms with Gasteiger partial charge in [-0.15, -0.1) is 12.6 Å². The first-order valence-electron chi connectivity index (χ1n) is 3.45. The molecule has 6 heteroatoms. The Kier molecular flexibility index (Phi) is 1.70. The highest BCUT2D eigenvalue weighted by atomic mass is 32.1. The van der Waals surface area contributed by atoms with Gasteiger partial charge in [0.1, 0.15) is 5.56 Å². The first-order chi connectivity index (χ1) is 6.20. The monoisotopic (exact) mass is 195 g/mol. The highest BCUT2D eigenvalue weighted by molar-refractivity contribution is 7.80. The van der Waals surface area contributed by atoms with Crippen molar-refractivity contribution in [2.75, 3.05) is 0 Å². The lowest BCUT2D eigenvalue weighted by Gasteiger charge is -1.95. The lowest BCUT2D eigenvalue weighted by Crippen LogP contribution is -1.97. The van der Waals surface area contributed by atoms with Crippen LogP contribution in [0.25, 0.3) is 5.65 Å². The van der Waals surface area contributed by atoms with Gasteiger partial charge in [0.05, 0.1) is 11.2 Å². The van der Waals surface area contributed by atoms with Crippen molar-refractivity contribution in [2.45, 2.75) is 5.03 Å². The third kappa shape index (κ3) is 1.15. The van der Waals surface area contributed by atoms with Gasteiger partial charge in [-0.3, -0.25) is 0 Å². The van der Waals surface area contributed by atoms with Gasteiger partial charge in [0.15, 0.2) is 5.65 Å². The van der Waals surface area contributed by atoms with Crippen LogP contribution in [0.2, 0.25) is 0 Å². The molecule has 66 valence electrons. The first kappa shape index (κ1) is 8.06. The minimum atomic E-state index is -1.04. The normalized spacial score (nSPS) is 10.5. The third-order valence-electron chi connectivity index (χ3n) is 1.61. The average molecular weight is 195 g/mol. The van der Waals surface area contributed by atoms with Gasteiger partial charge >= 0.3 is 5.97 Å². The summed E-state index contributed by atoms with van der Waals surface area (Å²) >= 11 is 4.10. The fourth-order valence-electron chi connectivity index (χ4n) is 1.03. The van der Waals surface area contributed by atoms with E-state index in [-0.39, 0.29) is 5.56 Å². The van der Waals surface area contributed by atoms with E-state index in [1.165, 1.54) is 16.9 Å². The van der Waals surface area contributed by atoms with Crippen LogP contribution in [0.15, 0.2) is 23.5 Å². The van der Waals surface area contributed by atoms with Crippen LogP contribution >= 0.6 is 12.6 Å². The smallest absolute Gasteiger partial charge is 0.341 e. The van der Waals surface area contributed by atoms with Gasteiger partial charge in [-0.05, 0) is 6.07 Å². The van der Waals surface area contributed by atoms with E-state index in [0.29, 0.717) is 10.7 Å². The standard InChI is InChI=1S/C7H5N3O2S/c11-7(12)4-3-9-10-5(13)1-2-8-6(4)10/h1-3,13H,(H,11,12). The van der Waals surface area contributed by atoms with Gasteiger partial charge in [-0.25, -0.2) is 14.3 Å². The molecular formula is C7H5N3O2S. The topological polar surface area (TPSA) is 67.5 Å². The zero-order chi connectivity index (χ0) is 9.42. The Labute approximate surface area is 78.4 Å². The van der Waals surface area contributed by atoms with Gasteiger partial charge in [-0.2, -0.15) is 5.10 Å². The van der Waals surface area contributed by atoms with Crippen molar-refractivity contribution in [1.82, 2.24) is 14.6 Å². The van der Waals surface area contributed by atoms with E-state index in [0.717, 1.165) is 0 Å². The van der Waals surface area contributed by atoms with Gasteiger partial charge in [0.25, 0.3) is 0 Å². The zero-order valence-electron chi connectivity index (χ0n) is 6.38. The van der Waals surface area contributed by atoms with E-state index < -0.39 is 5.97 Å². The van der Waals surface area contributed by atoms with E-state index in [9.17, 15) is 4.79 Å². The molecule has 0 aliphatic rings. The molecule has 0 aliphatic heterocycles. The summed E-state index contributed by atoms with van der Waals surface area (Å²) in [6.45, 7) is 0. The third-order valence-corrected chi connectivity index (χ3v) is 1.95. The molecule has 0 unspecified atom stereocenters. The van der Waals surface area contributed by atoms with Crippen molar-refractivity contribution in [3.05, 3.63) is 24.0 Å². The van der Waals surface area contributed by atoms with Gasteiger partial charge in [-0.1, -0.05) is 0 Å². The van der Waals surface area contributed by atoms with E-state index in [4.69, 9.17) is 5.11 Å². The van der Waals surface area contributed by atoms with Crippen molar-refractivity contribution >= 4 is 24.2 Å². The zero-order valence-corrected chi connectivity index (χ0v) is 7.27. The number of nitrogens with zero attached hydrogens (tertiary/aromatic N) is 3. The number of fused-ring (bicyclic) bond motifs is 1. The summed E-state index contributed by atoms with van der Waals surface area (Å²) in [5, 5.41) is 13.1. The van der Waals surface area contributed by atoms with E-state index in [1.807, 2.05) is 0 Å². The van der Waals surface area contributed by atoms with Crippen molar-refractivity contribution in [3.8, 4) is 0 Å². The summed E-state index contributed by atoms with van der Waals surface area (Å²) in [7, 11) is 0. The molecule has 2 rings (SSSR count). The van der Waals surface area contributed by atoms with Crippen LogP contribution in [0.3, 0.4) is 0 Å². The Hall–Kier alpha value is -1.56. The Balaban J connectivity index is 2.83. The molecule has 2 aromatic rings. The molecule has 0 radical (unpaired) electrons. The van der Waals surface area contributed by atoms with Crippen molar-refractivity contribution < 1.29 is 9.90 Å². The number of aromatic carboxylic acids is 1. The molecule has 0 aromatic carbocycles. The molecule has 2 aromatic heterocycles. The van der Waals surface area contributed by atoms with Gasteiger partial charge in [0, 0.05) is 6.20 Å². The van der Waals surface area contributed by atoms with E-state index in [2.05, 4.69) is 22.7 Å². The minimum Gasteiger partial charge on any atom is -0.477 e. The molecule has 0 amide bonds. The maximum Gasteiger partial charge on any atom is 0.341 e. The lowest BCUT2D eigenvalue weighted by atomic mass is 10.3. The van der Waals surface area contributed by atoms with Crippen LogP contribution in [0, 0.1) is 0 Å². The second-order valence-electron chi connectivity index (χ2n) is 2.40. The summed E-state index contributed by atoms with van der Waals surface area (Å²) in [6.07, 6.45) is 2.75. The Morgan fingerprint density at radius 2 is 2.38 bits per heavy atom. The number of hydrogen-bond acceptors (Lipinski definition) is 4. The van der Waals surface area contributed by atoms with Crippen LogP contribution in [-0.4, -0.2) is 25.7 Å². The molecule has 0 spiro atoms. The SMILES string of the molecule is O=C(O)c1cnn2c(S)ccnc12. The lowest BCUT2D eigenvalue weighted by molar-refractivity contribution is 0.0699. The largest absolute Gasteiger partial charge is 0.477 e. The molecule has 5 nitrogen and oxygen atoms in total. The first-order valence-corrected chi connectivity index (χ1v) is 3.90. The number of rotatable bonds is 1. The molecule has 0 saturated carbocycles. The predicted molar refractivity (Wildman–Crippen MR) is 47.2 cm³/mol.